The van der Waals surface area contributed by atoms with Crippen LogP contribution < -0.4 is 0 Å². The molecule has 0 N–H and O–H groups in total. The maximum Gasteiger partial charge on any atom is 0.320 e. The molecule has 2 saturated heterocycles. The molecule has 2 aliphatic rings. The van der Waals surface area contributed by atoms with Crippen molar-refractivity contribution in [1.29, 1.82) is 0 Å². The average molecular weight is 197 g/mol. The number of rotatable bonds is 0. The van der Waals surface area contributed by atoms with Crippen LogP contribution in [0.3, 0.4) is 0 Å². The third-order valence-electron chi connectivity index (χ3n) is 3.91. The van der Waals surface area contributed by atoms with Gasteiger partial charge in [0.15, 0.2) is 0 Å². The Labute approximate surface area is 85.5 Å². The molecule has 0 aliphatic carbocycles. The minimum absolute atomic E-state index is 0.00116. The fourth-order valence-corrected chi connectivity index (χ4v) is 2.91. The Balaban J connectivity index is 2.31. The van der Waals surface area contributed by atoms with Crippen molar-refractivity contribution in [3.8, 4) is 0 Å². The lowest BCUT2D eigenvalue weighted by molar-refractivity contribution is 0.0762. The Kier molecular flexibility index (Phi) is 2.00. The molecule has 2 aliphatic heterocycles. The van der Waals surface area contributed by atoms with E-state index in [1.54, 1.807) is 0 Å². The van der Waals surface area contributed by atoms with Gasteiger partial charge in [0.25, 0.3) is 0 Å². The molecular formula is C10H19N3O. The number of carbonyl (C=O) groups excluding carboxylic acids is 1. The summed E-state index contributed by atoms with van der Waals surface area (Å²) in [6.45, 7) is 4.25. The molecule has 0 spiro atoms. The zero-order valence-electron chi connectivity index (χ0n) is 9.45. The van der Waals surface area contributed by atoms with Crippen LogP contribution in [0.1, 0.15) is 13.3 Å². The van der Waals surface area contributed by atoms with Gasteiger partial charge >= 0.3 is 6.03 Å². The second-order valence-electron chi connectivity index (χ2n) is 4.85. The van der Waals surface area contributed by atoms with E-state index in [2.05, 4.69) is 18.9 Å². The van der Waals surface area contributed by atoms with Gasteiger partial charge in [0, 0.05) is 20.6 Å². The van der Waals surface area contributed by atoms with Gasteiger partial charge in [0.2, 0.25) is 0 Å². The molecule has 2 amide bonds. The first kappa shape index (κ1) is 9.77. The predicted octanol–water partition coefficient (Wildman–Crippen LogP) is 0.446. The highest BCUT2D eigenvalue weighted by molar-refractivity contribution is 5.78. The Morgan fingerprint density at radius 1 is 1.36 bits per heavy atom. The fraction of sp³-hybridized carbons (Fsp3) is 0.900. The van der Waals surface area contributed by atoms with Crippen molar-refractivity contribution in [1.82, 2.24) is 14.7 Å². The van der Waals surface area contributed by atoms with E-state index in [0.717, 1.165) is 19.5 Å². The van der Waals surface area contributed by atoms with Crippen LogP contribution in [0, 0.1) is 0 Å². The first-order valence-corrected chi connectivity index (χ1v) is 5.16. The maximum atomic E-state index is 11.8. The average Bonchev–Trinajstić information content (AvgIpc) is 2.28. The highest BCUT2D eigenvalue weighted by Gasteiger charge is 2.52. The highest BCUT2D eigenvalue weighted by atomic mass is 16.2. The van der Waals surface area contributed by atoms with E-state index in [4.69, 9.17) is 0 Å². The van der Waals surface area contributed by atoms with Crippen LogP contribution in [0.15, 0.2) is 0 Å². The quantitative estimate of drug-likeness (QED) is 0.563. The molecule has 2 atom stereocenters. The van der Waals surface area contributed by atoms with Crippen LogP contribution >= 0.6 is 0 Å². The third-order valence-corrected chi connectivity index (χ3v) is 3.91. The monoisotopic (exact) mass is 197 g/mol. The molecule has 0 aromatic heterocycles. The molecule has 0 aromatic rings. The third kappa shape index (κ3) is 1.06. The van der Waals surface area contributed by atoms with Crippen LogP contribution in [0.25, 0.3) is 0 Å². The van der Waals surface area contributed by atoms with Crippen molar-refractivity contribution in [3.63, 3.8) is 0 Å². The summed E-state index contributed by atoms with van der Waals surface area (Å²) in [5.74, 6) is 0. The zero-order chi connectivity index (χ0) is 10.5. The fourth-order valence-electron chi connectivity index (χ4n) is 2.91. The van der Waals surface area contributed by atoms with Crippen molar-refractivity contribution in [3.05, 3.63) is 0 Å². The van der Waals surface area contributed by atoms with Crippen LogP contribution in [0.2, 0.25) is 0 Å². The van der Waals surface area contributed by atoms with Crippen molar-refractivity contribution in [2.75, 3.05) is 34.2 Å². The van der Waals surface area contributed by atoms with E-state index in [9.17, 15) is 4.79 Å². The number of urea groups is 1. The minimum Gasteiger partial charge on any atom is -0.322 e. The summed E-state index contributed by atoms with van der Waals surface area (Å²) in [5.41, 5.74) is -0.00116. The number of amides is 2. The van der Waals surface area contributed by atoms with Crippen LogP contribution in [0.5, 0.6) is 0 Å². The van der Waals surface area contributed by atoms with Crippen LogP contribution in [-0.2, 0) is 0 Å². The van der Waals surface area contributed by atoms with Gasteiger partial charge < -0.3 is 14.7 Å². The largest absolute Gasteiger partial charge is 0.322 e. The topological polar surface area (TPSA) is 26.8 Å². The summed E-state index contributed by atoms with van der Waals surface area (Å²) < 4.78 is 0. The van der Waals surface area contributed by atoms with Crippen molar-refractivity contribution >= 4 is 6.03 Å². The maximum absolute atomic E-state index is 11.8. The molecule has 2 rings (SSSR count). The zero-order valence-corrected chi connectivity index (χ0v) is 9.45. The molecule has 2 heterocycles. The second-order valence-corrected chi connectivity index (χ2v) is 4.85. The van der Waals surface area contributed by atoms with E-state index in [1.165, 1.54) is 0 Å². The molecule has 0 radical (unpaired) electrons. The number of piperidine rings is 1. The molecule has 2 unspecified atom stereocenters. The van der Waals surface area contributed by atoms with Gasteiger partial charge in [-0.2, -0.15) is 0 Å². The first-order chi connectivity index (χ1) is 6.47. The number of fused-ring (bicyclic) bond motifs is 1. The molecule has 0 aromatic carbocycles. The molecule has 80 valence electrons. The summed E-state index contributed by atoms with van der Waals surface area (Å²) in [6, 6.07) is 0.545. The SMILES string of the molecule is CN1CCC2N(C)C(=O)N(C)C2(C)C1. The molecule has 4 heteroatoms. The summed E-state index contributed by atoms with van der Waals surface area (Å²) in [5, 5.41) is 0. The lowest BCUT2D eigenvalue weighted by Gasteiger charge is -2.44. The Morgan fingerprint density at radius 3 is 2.64 bits per heavy atom. The Hall–Kier alpha value is -0.770. The van der Waals surface area contributed by atoms with Gasteiger partial charge in [0.1, 0.15) is 0 Å². The predicted molar refractivity (Wildman–Crippen MR) is 55.2 cm³/mol. The number of hydrogen-bond acceptors (Lipinski definition) is 2. The summed E-state index contributed by atoms with van der Waals surface area (Å²) in [4.78, 5) is 17.9. The van der Waals surface area contributed by atoms with Crippen molar-refractivity contribution in [2.45, 2.75) is 24.9 Å². The number of hydrogen-bond donors (Lipinski definition) is 0. The van der Waals surface area contributed by atoms with Gasteiger partial charge in [-0.1, -0.05) is 0 Å². The van der Waals surface area contributed by atoms with Crippen LogP contribution in [0.4, 0.5) is 4.79 Å². The summed E-state index contributed by atoms with van der Waals surface area (Å²) in [6.07, 6.45) is 1.08. The summed E-state index contributed by atoms with van der Waals surface area (Å²) >= 11 is 0. The van der Waals surface area contributed by atoms with Crippen LogP contribution in [-0.4, -0.2) is 66.5 Å². The molecule has 0 bridgehead atoms. The van der Waals surface area contributed by atoms with E-state index >= 15 is 0 Å². The van der Waals surface area contributed by atoms with Gasteiger partial charge in [-0.3, -0.25) is 0 Å². The molecule has 4 nitrogen and oxygen atoms in total. The summed E-state index contributed by atoms with van der Waals surface area (Å²) in [7, 11) is 5.95. The lowest BCUT2D eigenvalue weighted by Crippen LogP contribution is -2.59. The highest BCUT2D eigenvalue weighted by Crippen LogP contribution is 2.35. The smallest absolute Gasteiger partial charge is 0.320 e. The number of nitrogens with zero attached hydrogens (tertiary/aromatic N) is 3. The van der Waals surface area contributed by atoms with Gasteiger partial charge in [0.05, 0.1) is 11.6 Å². The molecule has 2 fully saturated rings. The van der Waals surface area contributed by atoms with Crippen molar-refractivity contribution in [2.24, 2.45) is 0 Å². The standard InChI is InChI=1S/C10H19N3O/c1-10-7-11(2)6-5-8(10)12(3)9(14)13(10)4/h8H,5-7H2,1-4H3. The minimum atomic E-state index is -0.00116. The van der Waals surface area contributed by atoms with Gasteiger partial charge in [-0.05, 0) is 26.9 Å². The molecule has 14 heavy (non-hydrogen) atoms. The van der Waals surface area contributed by atoms with Crippen molar-refractivity contribution < 1.29 is 4.79 Å². The lowest BCUT2D eigenvalue weighted by atomic mass is 9.86. The number of likely N-dealkylation sites (tertiary alicyclic amines) is 1. The van der Waals surface area contributed by atoms with E-state index in [-0.39, 0.29) is 11.6 Å². The first-order valence-electron chi connectivity index (χ1n) is 5.16. The second kappa shape index (κ2) is 2.86. The number of carbonyl (C=O) groups is 1. The normalized spacial score (nSPS) is 39.1. The van der Waals surface area contributed by atoms with E-state index in [1.807, 2.05) is 23.9 Å². The van der Waals surface area contributed by atoms with E-state index < -0.39 is 0 Å². The Bertz CT molecular complexity index is 268. The Morgan fingerprint density at radius 2 is 2.00 bits per heavy atom. The van der Waals surface area contributed by atoms with E-state index in [0.29, 0.717) is 6.04 Å². The number of likely N-dealkylation sites (N-methyl/N-ethyl adjacent to an activating group) is 3. The molecular weight excluding hydrogens is 178 g/mol. The van der Waals surface area contributed by atoms with Gasteiger partial charge in [-0.25, -0.2) is 4.79 Å². The van der Waals surface area contributed by atoms with Gasteiger partial charge in [-0.15, -0.1) is 0 Å². The molecule has 0 saturated carbocycles.